The number of anilines is 2. The van der Waals surface area contributed by atoms with Crippen LogP contribution in [-0.2, 0) is 15.0 Å². The summed E-state index contributed by atoms with van der Waals surface area (Å²) in [6.07, 6.45) is -3.21. The summed E-state index contributed by atoms with van der Waals surface area (Å²) in [5.74, 6) is -0.256. The molecule has 1 heterocycles. The number of aliphatic hydroxyl groups is 1. The summed E-state index contributed by atoms with van der Waals surface area (Å²) in [5.41, 5.74) is 2.15. The smallest absolute Gasteiger partial charge is 0.497 e. The monoisotopic (exact) mass is 631 g/mol. The third kappa shape index (κ3) is 7.22. The summed E-state index contributed by atoms with van der Waals surface area (Å²) in [6, 6.07) is 15.3. The van der Waals surface area contributed by atoms with Crippen molar-refractivity contribution in [3.8, 4) is 11.5 Å². The Morgan fingerprint density at radius 2 is 1.80 bits per heavy atom. The van der Waals surface area contributed by atoms with Gasteiger partial charge in [-0.05, 0) is 75.1 Å². The average Bonchev–Trinajstić information content (AvgIpc) is 3.66. The lowest BCUT2D eigenvalue weighted by Gasteiger charge is -2.27. The van der Waals surface area contributed by atoms with Gasteiger partial charge in [-0.3, -0.25) is 4.79 Å². The van der Waals surface area contributed by atoms with Crippen LogP contribution in [0.15, 0.2) is 65.8 Å². The number of carbonyl (C=O) groups is 1. The van der Waals surface area contributed by atoms with Crippen LogP contribution in [0.3, 0.4) is 0 Å². The van der Waals surface area contributed by atoms with Crippen LogP contribution in [-0.4, -0.2) is 49.0 Å². The number of amides is 1. The number of fused-ring (bicyclic) bond motifs is 2. The van der Waals surface area contributed by atoms with Gasteiger partial charge in [0.25, 0.3) is 5.91 Å². The van der Waals surface area contributed by atoms with Crippen molar-refractivity contribution in [2.45, 2.75) is 57.0 Å². The Hall–Kier alpha value is -3.96. The molecule has 12 heteroatoms. The molecule has 2 N–H and O–H groups in total. The highest BCUT2D eigenvalue weighted by Crippen LogP contribution is 2.57. The van der Waals surface area contributed by atoms with Crippen LogP contribution in [0.5, 0.6) is 11.5 Å². The molecule has 1 fully saturated rings. The van der Waals surface area contributed by atoms with Gasteiger partial charge >= 0.3 is 6.36 Å². The van der Waals surface area contributed by atoms with E-state index in [4.69, 9.17) is 21.2 Å². The van der Waals surface area contributed by atoms with E-state index >= 15 is 0 Å². The Morgan fingerprint density at radius 3 is 2.41 bits per heavy atom. The topological polar surface area (TPSA) is 92.6 Å². The quantitative estimate of drug-likeness (QED) is 0.185. The molecule has 234 valence electrons. The van der Waals surface area contributed by atoms with Gasteiger partial charge in [-0.15, -0.1) is 13.2 Å². The maximum Gasteiger partial charge on any atom is 0.573 e. The lowest BCUT2D eigenvalue weighted by Crippen LogP contribution is -2.38. The number of benzene rings is 3. The van der Waals surface area contributed by atoms with E-state index in [2.05, 4.69) is 15.2 Å². The summed E-state index contributed by atoms with van der Waals surface area (Å²) in [7, 11) is 1.51. The van der Waals surface area contributed by atoms with Crippen LogP contribution in [0.25, 0.3) is 0 Å². The zero-order chi connectivity index (χ0) is 31.9. The van der Waals surface area contributed by atoms with Gasteiger partial charge in [0.2, 0.25) is 0 Å². The maximum absolute atomic E-state index is 14.4. The third-order valence-corrected chi connectivity index (χ3v) is 7.84. The van der Waals surface area contributed by atoms with Gasteiger partial charge in [-0.2, -0.15) is 0 Å². The van der Waals surface area contributed by atoms with E-state index in [9.17, 15) is 23.1 Å². The van der Waals surface area contributed by atoms with Crippen molar-refractivity contribution >= 4 is 34.6 Å². The van der Waals surface area contributed by atoms with Crippen molar-refractivity contribution in [2.75, 3.05) is 30.5 Å². The first-order valence-corrected chi connectivity index (χ1v) is 14.4. The van der Waals surface area contributed by atoms with Crippen LogP contribution in [0, 0.1) is 0 Å². The van der Waals surface area contributed by atoms with Gasteiger partial charge in [-0.25, -0.2) is 0 Å². The summed E-state index contributed by atoms with van der Waals surface area (Å²) in [6.45, 7) is 5.28. The van der Waals surface area contributed by atoms with Crippen molar-refractivity contribution in [1.82, 2.24) is 0 Å². The summed E-state index contributed by atoms with van der Waals surface area (Å²) < 4.78 is 48.8. The molecule has 1 unspecified atom stereocenters. The van der Waals surface area contributed by atoms with Gasteiger partial charge in [0.05, 0.1) is 24.1 Å². The van der Waals surface area contributed by atoms with Crippen molar-refractivity contribution < 1.29 is 37.4 Å². The number of ether oxygens (including phenoxy) is 2. The minimum absolute atomic E-state index is 0.0128. The molecule has 0 bridgehead atoms. The number of carbonyl (C=O) groups excluding carboxylic acids is 1. The molecule has 1 aliphatic carbocycles. The first-order valence-electron chi connectivity index (χ1n) is 14.0. The van der Waals surface area contributed by atoms with Crippen LogP contribution < -0.4 is 19.7 Å². The second kappa shape index (κ2) is 11.9. The van der Waals surface area contributed by atoms with Gasteiger partial charge in [-0.1, -0.05) is 35.0 Å². The minimum atomic E-state index is -4.86. The van der Waals surface area contributed by atoms with Crippen LogP contribution in [0.1, 0.15) is 56.3 Å². The molecule has 1 amide bonds. The highest BCUT2D eigenvalue weighted by Gasteiger charge is 2.54. The molecule has 3 aromatic rings. The fraction of sp³-hybridized carbons (Fsp3) is 0.375. The number of hydrogen-bond acceptors (Lipinski definition) is 7. The molecule has 0 saturated heterocycles. The Labute approximate surface area is 258 Å². The molecule has 8 nitrogen and oxygen atoms in total. The second-order valence-corrected chi connectivity index (χ2v) is 12.2. The number of nitrogens with zero attached hydrogens (tertiary/aromatic N) is 2. The van der Waals surface area contributed by atoms with Gasteiger partial charge in [0.15, 0.2) is 0 Å². The number of hydrogen-bond donors (Lipinski definition) is 2. The van der Waals surface area contributed by atoms with Crippen LogP contribution >= 0.6 is 11.6 Å². The van der Waals surface area contributed by atoms with Crippen LogP contribution in [0.4, 0.5) is 24.5 Å². The van der Waals surface area contributed by atoms with E-state index in [0.29, 0.717) is 45.5 Å². The maximum atomic E-state index is 14.4. The molecule has 1 spiro atoms. The standard InChI is InChI=1S/C32H33ClF3N3O5/c1-19(38-43-18-30(2,3)41)21-13-23(15-25(14-21)42-4)37-28(20-5-7-22(33)8-6-20)29(40)39-17-31(11-12-31)26-10-9-24(16-27(26)39)44-32(34,35)36/h5-10,13-16,28,37,41H,11-12,17-18H2,1-4H3. The Bertz CT molecular complexity index is 1570. The van der Waals surface area contributed by atoms with E-state index in [1.165, 1.54) is 24.1 Å². The molecule has 0 aromatic heterocycles. The highest BCUT2D eigenvalue weighted by atomic mass is 35.5. The van der Waals surface area contributed by atoms with Crippen LogP contribution in [0.2, 0.25) is 5.02 Å². The Balaban J connectivity index is 1.50. The summed E-state index contributed by atoms with van der Waals surface area (Å²) in [4.78, 5) is 21.2. The van der Waals surface area contributed by atoms with E-state index in [1.54, 1.807) is 69.3 Å². The highest BCUT2D eigenvalue weighted by molar-refractivity contribution is 6.30. The van der Waals surface area contributed by atoms with E-state index in [1.807, 2.05) is 0 Å². The first kappa shape index (κ1) is 31.5. The lowest BCUT2D eigenvalue weighted by molar-refractivity contribution is -0.274. The zero-order valence-electron chi connectivity index (χ0n) is 24.7. The number of methoxy groups -OCH3 is 1. The molecule has 5 rings (SSSR count). The number of alkyl halides is 3. The zero-order valence-corrected chi connectivity index (χ0v) is 25.4. The van der Waals surface area contributed by atoms with Crippen molar-refractivity contribution in [1.29, 1.82) is 0 Å². The number of nitrogens with one attached hydrogen (secondary N) is 1. The summed E-state index contributed by atoms with van der Waals surface area (Å²) >= 11 is 6.15. The number of rotatable bonds is 10. The molecule has 44 heavy (non-hydrogen) atoms. The fourth-order valence-electron chi connectivity index (χ4n) is 5.24. The lowest BCUT2D eigenvalue weighted by atomic mass is 9.99. The molecular weight excluding hydrogens is 599 g/mol. The molecule has 1 atom stereocenters. The predicted molar refractivity (Wildman–Crippen MR) is 162 cm³/mol. The van der Waals surface area contributed by atoms with Gasteiger partial charge < -0.3 is 29.6 Å². The Kier molecular flexibility index (Phi) is 8.48. The number of oxime groups is 1. The van der Waals surface area contributed by atoms with Crippen molar-refractivity contribution in [3.05, 3.63) is 82.4 Å². The Morgan fingerprint density at radius 1 is 1.09 bits per heavy atom. The molecule has 1 aliphatic heterocycles. The molecular formula is C32H33ClF3N3O5. The fourth-order valence-corrected chi connectivity index (χ4v) is 5.37. The van der Waals surface area contributed by atoms with E-state index < -0.39 is 18.0 Å². The first-order chi connectivity index (χ1) is 20.7. The molecule has 2 aliphatic rings. The van der Waals surface area contributed by atoms with Gasteiger partial charge in [0.1, 0.15) is 24.1 Å². The molecule has 0 radical (unpaired) electrons. The third-order valence-electron chi connectivity index (χ3n) is 7.59. The van der Waals surface area contributed by atoms with Gasteiger partial charge in [0, 0.05) is 40.4 Å². The summed E-state index contributed by atoms with van der Waals surface area (Å²) in [5, 5.41) is 17.8. The minimum Gasteiger partial charge on any atom is -0.497 e. The van der Waals surface area contributed by atoms with Crippen molar-refractivity contribution in [2.24, 2.45) is 5.16 Å². The van der Waals surface area contributed by atoms with Crippen molar-refractivity contribution in [3.63, 3.8) is 0 Å². The van der Waals surface area contributed by atoms with E-state index in [0.717, 1.165) is 18.4 Å². The van der Waals surface area contributed by atoms with E-state index in [-0.39, 0.29) is 23.7 Å². The SMILES string of the molecule is COc1cc(NC(C(=O)N2CC3(CC3)c3ccc(OC(F)(F)F)cc32)c2ccc(Cl)cc2)cc(C(C)=NOCC(C)(C)O)c1. The molecule has 3 aromatic carbocycles. The normalized spacial score (nSPS) is 16.4. The predicted octanol–water partition coefficient (Wildman–Crippen LogP) is 6.99. The average molecular weight is 632 g/mol. The number of halogens is 4. The largest absolute Gasteiger partial charge is 0.573 e. The molecule has 1 saturated carbocycles. The second-order valence-electron chi connectivity index (χ2n) is 11.8.